The quantitative estimate of drug-likeness (QED) is 0.171. The summed E-state index contributed by atoms with van der Waals surface area (Å²) in [7, 11) is 0. The highest BCUT2D eigenvalue weighted by molar-refractivity contribution is 7.26. The van der Waals surface area contributed by atoms with Crippen LogP contribution in [0.4, 0.5) is 17.1 Å². The molecule has 0 bridgehead atoms. The molecule has 0 atom stereocenters. The second kappa shape index (κ2) is 12.3. The van der Waals surface area contributed by atoms with Crippen LogP contribution in [0.5, 0.6) is 0 Å². The van der Waals surface area contributed by atoms with Crippen molar-refractivity contribution in [3.05, 3.63) is 199 Å². The maximum Gasteiger partial charge on any atom is 0.0543 e. The predicted molar refractivity (Wildman–Crippen MR) is 237 cm³/mol. The van der Waals surface area contributed by atoms with Crippen molar-refractivity contribution in [2.75, 3.05) is 4.90 Å². The van der Waals surface area contributed by atoms with Crippen molar-refractivity contribution in [3.63, 3.8) is 0 Å². The summed E-state index contributed by atoms with van der Waals surface area (Å²) in [6.07, 6.45) is 0. The van der Waals surface area contributed by atoms with Crippen molar-refractivity contribution in [2.24, 2.45) is 0 Å². The molecule has 260 valence electrons. The first kappa shape index (κ1) is 32.0. The van der Waals surface area contributed by atoms with Crippen molar-refractivity contribution in [1.29, 1.82) is 0 Å². The third-order valence-corrected chi connectivity index (χ3v) is 13.1. The molecule has 0 unspecified atom stereocenters. The number of rotatable bonds is 5. The van der Waals surface area contributed by atoms with Crippen LogP contribution in [0, 0.1) is 0 Å². The van der Waals surface area contributed by atoms with E-state index in [1.165, 1.54) is 91.9 Å². The molecule has 2 heteroatoms. The first-order valence-corrected chi connectivity index (χ1v) is 19.9. The standard InChI is InChI=1S/C53H37NS/c1-53(2)46-20-8-5-17-45(46)51-47(53)21-12-23-49(51)54(48-22-9-6-15-40(48)37-26-25-34-13-3-4-14-36(34)33-37)38-29-27-35(28-30-38)39-18-11-19-43-41(39)31-32-44-42-16-7-10-24-50(42)55-52(43)44/h3-33H,1-2H3. The van der Waals surface area contributed by atoms with Crippen LogP contribution < -0.4 is 4.90 Å². The van der Waals surface area contributed by atoms with Gasteiger partial charge >= 0.3 is 0 Å². The summed E-state index contributed by atoms with van der Waals surface area (Å²) in [6.45, 7) is 4.72. The molecule has 1 aromatic heterocycles. The molecule has 1 nitrogen and oxygen atoms in total. The average molecular weight is 720 g/mol. The van der Waals surface area contributed by atoms with Gasteiger partial charge < -0.3 is 4.90 Å². The number of fused-ring (bicyclic) bond motifs is 9. The Labute approximate surface area is 325 Å². The van der Waals surface area contributed by atoms with Crippen LogP contribution in [0.1, 0.15) is 25.0 Å². The Morgan fingerprint density at radius 3 is 1.93 bits per heavy atom. The molecule has 0 N–H and O–H groups in total. The number of nitrogens with zero attached hydrogens (tertiary/aromatic N) is 1. The van der Waals surface area contributed by atoms with E-state index in [0.29, 0.717) is 0 Å². The van der Waals surface area contributed by atoms with Gasteiger partial charge in [-0.15, -0.1) is 11.3 Å². The van der Waals surface area contributed by atoms with Crippen LogP contribution in [0.25, 0.3) is 75.1 Å². The number of benzene rings is 9. The normalized spacial score (nSPS) is 13.1. The molecule has 11 rings (SSSR count). The number of hydrogen-bond acceptors (Lipinski definition) is 2. The molecule has 1 aliphatic carbocycles. The second-order valence-electron chi connectivity index (χ2n) is 15.3. The Kier molecular flexibility index (Phi) is 7.14. The number of para-hydroxylation sites is 1. The zero-order chi connectivity index (χ0) is 36.7. The highest BCUT2D eigenvalue weighted by Gasteiger charge is 2.38. The van der Waals surface area contributed by atoms with Gasteiger partial charge in [0, 0.05) is 47.8 Å². The third-order valence-electron chi connectivity index (χ3n) is 11.9. The largest absolute Gasteiger partial charge is 0.309 e. The van der Waals surface area contributed by atoms with E-state index in [2.05, 4.69) is 207 Å². The Balaban J connectivity index is 1.11. The summed E-state index contributed by atoms with van der Waals surface area (Å²) in [4.78, 5) is 2.50. The van der Waals surface area contributed by atoms with E-state index in [1.54, 1.807) is 0 Å². The lowest BCUT2D eigenvalue weighted by molar-refractivity contribution is 0.660. The van der Waals surface area contributed by atoms with Crippen LogP contribution in [-0.2, 0) is 5.41 Å². The first-order valence-electron chi connectivity index (χ1n) is 19.1. The summed E-state index contributed by atoms with van der Waals surface area (Å²) in [6, 6.07) is 69.6. The SMILES string of the molecule is CC1(C)c2ccccc2-c2c(N(c3ccc(-c4cccc5c4ccc4c6ccccc6sc54)cc3)c3ccccc3-c3ccc4ccccc4c3)cccc21. The van der Waals surface area contributed by atoms with Crippen molar-refractivity contribution in [2.45, 2.75) is 19.3 Å². The highest BCUT2D eigenvalue weighted by Crippen LogP contribution is 2.55. The number of anilines is 3. The summed E-state index contributed by atoms with van der Waals surface area (Å²) in [5.41, 5.74) is 13.6. The Morgan fingerprint density at radius 2 is 1.04 bits per heavy atom. The monoisotopic (exact) mass is 719 g/mol. The summed E-state index contributed by atoms with van der Waals surface area (Å²) >= 11 is 1.89. The molecule has 55 heavy (non-hydrogen) atoms. The zero-order valence-corrected chi connectivity index (χ0v) is 31.6. The molecule has 10 aromatic rings. The lowest BCUT2D eigenvalue weighted by atomic mass is 9.82. The summed E-state index contributed by atoms with van der Waals surface area (Å²) < 4.78 is 2.69. The smallest absolute Gasteiger partial charge is 0.0543 e. The van der Waals surface area contributed by atoms with Crippen LogP contribution in [0.15, 0.2) is 188 Å². The van der Waals surface area contributed by atoms with E-state index in [-0.39, 0.29) is 5.41 Å². The van der Waals surface area contributed by atoms with Gasteiger partial charge in [0.25, 0.3) is 0 Å². The number of thiophene rings is 1. The molecular weight excluding hydrogens is 683 g/mol. The van der Waals surface area contributed by atoms with Crippen LogP contribution in [0.2, 0.25) is 0 Å². The van der Waals surface area contributed by atoms with Crippen LogP contribution >= 0.6 is 11.3 Å². The first-order chi connectivity index (χ1) is 27.0. The van der Waals surface area contributed by atoms with Crippen LogP contribution in [0.3, 0.4) is 0 Å². The van der Waals surface area contributed by atoms with Gasteiger partial charge in [-0.3, -0.25) is 0 Å². The fourth-order valence-electron chi connectivity index (χ4n) is 9.18. The molecule has 1 heterocycles. The lowest BCUT2D eigenvalue weighted by Crippen LogP contribution is -2.16. The highest BCUT2D eigenvalue weighted by atomic mass is 32.1. The van der Waals surface area contributed by atoms with Crippen molar-refractivity contribution < 1.29 is 0 Å². The molecule has 9 aromatic carbocycles. The average Bonchev–Trinajstić information content (AvgIpc) is 3.74. The van der Waals surface area contributed by atoms with Crippen LogP contribution in [-0.4, -0.2) is 0 Å². The molecule has 0 aliphatic heterocycles. The zero-order valence-electron chi connectivity index (χ0n) is 30.8. The van der Waals surface area contributed by atoms with Gasteiger partial charge in [0.1, 0.15) is 0 Å². The summed E-state index contributed by atoms with van der Waals surface area (Å²) in [5, 5.41) is 7.75. The minimum atomic E-state index is -0.108. The van der Waals surface area contributed by atoms with Gasteiger partial charge in [-0.05, 0) is 85.9 Å². The van der Waals surface area contributed by atoms with E-state index in [9.17, 15) is 0 Å². The minimum Gasteiger partial charge on any atom is -0.309 e. The van der Waals surface area contributed by atoms with E-state index >= 15 is 0 Å². The molecular formula is C53H37NS. The maximum absolute atomic E-state index is 2.50. The number of hydrogen-bond donors (Lipinski definition) is 0. The van der Waals surface area contributed by atoms with E-state index < -0.39 is 0 Å². The van der Waals surface area contributed by atoms with E-state index in [1.807, 2.05) is 11.3 Å². The van der Waals surface area contributed by atoms with Gasteiger partial charge in [0.05, 0.1) is 11.4 Å². The molecule has 0 saturated heterocycles. The van der Waals surface area contributed by atoms with Crippen molar-refractivity contribution in [3.8, 4) is 33.4 Å². The van der Waals surface area contributed by atoms with Gasteiger partial charge in [-0.2, -0.15) is 0 Å². The molecule has 0 spiro atoms. The molecule has 1 aliphatic rings. The van der Waals surface area contributed by atoms with Crippen molar-refractivity contribution >= 4 is 70.1 Å². The Hall–Kier alpha value is -6.48. The minimum absolute atomic E-state index is 0.108. The lowest BCUT2D eigenvalue weighted by Gasteiger charge is -2.30. The topological polar surface area (TPSA) is 3.24 Å². The third kappa shape index (κ3) is 4.92. The van der Waals surface area contributed by atoms with Gasteiger partial charge in [-0.1, -0.05) is 166 Å². The fourth-order valence-corrected chi connectivity index (χ4v) is 10.4. The van der Waals surface area contributed by atoms with E-state index in [4.69, 9.17) is 0 Å². The predicted octanol–water partition coefficient (Wildman–Crippen LogP) is 15.5. The molecule has 0 amide bonds. The van der Waals surface area contributed by atoms with Gasteiger partial charge in [0.2, 0.25) is 0 Å². The maximum atomic E-state index is 2.50. The Morgan fingerprint density at radius 1 is 0.418 bits per heavy atom. The fraction of sp³-hybridized carbons (Fsp3) is 0.0566. The Bertz CT molecular complexity index is 3130. The van der Waals surface area contributed by atoms with Gasteiger partial charge in [0.15, 0.2) is 0 Å². The molecule has 0 radical (unpaired) electrons. The second-order valence-corrected chi connectivity index (χ2v) is 16.3. The van der Waals surface area contributed by atoms with Gasteiger partial charge in [-0.25, -0.2) is 0 Å². The molecule has 0 fully saturated rings. The molecule has 0 saturated carbocycles. The summed E-state index contributed by atoms with van der Waals surface area (Å²) in [5.74, 6) is 0. The van der Waals surface area contributed by atoms with E-state index in [0.717, 1.165) is 11.4 Å². The van der Waals surface area contributed by atoms with Crippen molar-refractivity contribution in [1.82, 2.24) is 0 Å².